The first-order valence-corrected chi connectivity index (χ1v) is 10.8. The zero-order valence-corrected chi connectivity index (χ0v) is 19.6. The lowest BCUT2D eigenvalue weighted by Gasteiger charge is -2.23. The number of benzene rings is 2. The fraction of sp³-hybridized carbons (Fsp3) is 0.360. The molecule has 2 atom stereocenters. The molecule has 0 aliphatic carbocycles. The van der Waals surface area contributed by atoms with E-state index in [4.69, 9.17) is 4.74 Å². The first-order chi connectivity index (χ1) is 15.6. The molecule has 176 valence electrons. The van der Waals surface area contributed by atoms with Crippen LogP contribution in [-0.2, 0) is 19.1 Å². The molecule has 3 N–H and O–H groups in total. The maximum absolute atomic E-state index is 12.6. The molecule has 2 rings (SSSR count). The topological polar surface area (TPSA) is 114 Å². The molecule has 0 aliphatic heterocycles. The third kappa shape index (κ3) is 7.45. The molecule has 3 amide bonds. The quantitative estimate of drug-likeness (QED) is 0.505. The largest absolute Gasteiger partial charge is 0.451 e. The molecule has 8 nitrogen and oxygen atoms in total. The summed E-state index contributed by atoms with van der Waals surface area (Å²) in [6, 6.07) is 13.2. The second-order valence-corrected chi connectivity index (χ2v) is 8.17. The fourth-order valence-electron chi connectivity index (χ4n) is 3.12. The zero-order valence-electron chi connectivity index (χ0n) is 19.6. The third-order valence-corrected chi connectivity index (χ3v) is 5.07. The molecule has 0 spiro atoms. The zero-order chi connectivity index (χ0) is 24.5. The second-order valence-electron chi connectivity index (χ2n) is 8.17. The lowest BCUT2D eigenvalue weighted by molar-refractivity contribution is -0.157. The molecule has 0 radical (unpaired) electrons. The van der Waals surface area contributed by atoms with E-state index in [1.54, 1.807) is 44.2 Å². The Morgan fingerprint density at radius 1 is 0.879 bits per heavy atom. The van der Waals surface area contributed by atoms with Crippen molar-refractivity contribution in [3.8, 4) is 0 Å². The van der Waals surface area contributed by atoms with Crippen LogP contribution in [0.1, 0.15) is 42.3 Å². The van der Waals surface area contributed by atoms with Gasteiger partial charge in [0.1, 0.15) is 6.04 Å². The van der Waals surface area contributed by atoms with Gasteiger partial charge >= 0.3 is 5.97 Å². The molecule has 0 bridgehead atoms. The van der Waals surface area contributed by atoms with Gasteiger partial charge in [-0.3, -0.25) is 14.4 Å². The number of carbonyl (C=O) groups excluding carboxylic acids is 4. The van der Waals surface area contributed by atoms with Gasteiger partial charge < -0.3 is 20.7 Å². The van der Waals surface area contributed by atoms with E-state index in [9.17, 15) is 19.2 Å². The minimum absolute atomic E-state index is 0.261. The maximum Gasteiger partial charge on any atom is 0.329 e. The van der Waals surface area contributed by atoms with Crippen LogP contribution in [0.25, 0.3) is 0 Å². The van der Waals surface area contributed by atoms with Crippen LogP contribution >= 0.6 is 0 Å². The highest BCUT2D eigenvalue weighted by Gasteiger charge is 2.29. The van der Waals surface area contributed by atoms with Gasteiger partial charge in [0.2, 0.25) is 5.91 Å². The number of hydrogen-bond acceptors (Lipinski definition) is 5. The lowest BCUT2D eigenvalue weighted by atomic mass is 10.0. The summed E-state index contributed by atoms with van der Waals surface area (Å²) < 4.78 is 5.26. The van der Waals surface area contributed by atoms with Gasteiger partial charge in [-0.2, -0.15) is 0 Å². The summed E-state index contributed by atoms with van der Waals surface area (Å²) in [6.45, 7) is 8.43. The summed E-state index contributed by atoms with van der Waals surface area (Å²) in [7, 11) is 0. The Balaban J connectivity index is 1.89. The number of para-hydroxylation sites is 1. The Kier molecular flexibility index (Phi) is 9.15. The van der Waals surface area contributed by atoms with Gasteiger partial charge in [-0.05, 0) is 49.9 Å². The summed E-state index contributed by atoms with van der Waals surface area (Å²) in [5.74, 6) is -2.40. The number of aryl methyl sites for hydroxylation is 2. The highest BCUT2D eigenvalue weighted by Crippen LogP contribution is 2.19. The van der Waals surface area contributed by atoms with Gasteiger partial charge in [0.05, 0.1) is 6.54 Å². The van der Waals surface area contributed by atoms with E-state index in [2.05, 4.69) is 16.0 Å². The van der Waals surface area contributed by atoms with E-state index in [1.807, 2.05) is 32.0 Å². The highest BCUT2D eigenvalue weighted by atomic mass is 16.5. The summed E-state index contributed by atoms with van der Waals surface area (Å²) >= 11 is 0. The van der Waals surface area contributed by atoms with E-state index < -0.39 is 35.8 Å². The highest BCUT2D eigenvalue weighted by molar-refractivity contribution is 5.98. The maximum atomic E-state index is 12.6. The predicted molar refractivity (Wildman–Crippen MR) is 126 cm³/mol. The molecule has 0 fully saturated rings. The minimum atomic E-state index is -1.14. The molecule has 0 heterocycles. The van der Waals surface area contributed by atoms with Crippen molar-refractivity contribution in [2.75, 3.05) is 11.9 Å². The summed E-state index contributed by atoms with van der Waals surface area (Å²) in [5.41, 5.74) is 2.94. The summed E-state index contributed by atoms with van der Waals surface area (Å²) in [5, 5.41) is 7.90. The van der Waals surface area contributed by atoms with Gasteiger partial charge in [0, 0.05) is 11.3 Å². The number of hydrogen-bond donors (Lipinski definition) is 3. The normalized spacial score (nSPS) is 12.4. The monoisotopic (exact) mass is 453 g/mol. The standard InChI is InChI=1S/C25H31N3O5/c1-15(2)21(28-24(31)19-12-7-6-8-13-19)25(32)33-18(5)23(30)26-14-20(29)27-22-16(3)10-9-11-17(22)4/h6-13,15,18,21H,14H2,1-5H3,(H,26,30)(H,27,29)(H,28,31). The number of carbonyl (C=O) groups is 4. The van der Waals surface area contributed by atoms with Crippen molar-refractivity contribution in [1.82, 2.24) is 10.6 Å². The van der Waals surface area contributed by atoms with E-state index in [-0.39, 0.29) is 12.5 Å². The molecule has 2 unspecified atom stereocenters. The third-order valence-electron chi connectivity index (χ3n) is 5.07. The second kappa shape index (κ2) is 11.8. The minimum Gasteiger partial charge on any atom is -0.451 e. The van der Waals surface area contributed by atoms with Crippen molar-refractivity contribution in [3.63, 3.8) is 0 Å². The molecule has 0 saturated carbocycles. The van der Waals surface area contributed by atoms with Gasteiger partial charge in [0.25, 0.3) is 11.8 Å². The van der Waals surface area contributed by atoms with E-state index in [0.29, 0.717) is 11.3 Å². The molecule has 0 aromatic heterocycles. The van der Waals surface area contributed by atoms with Crippen LogP contribution in [-0.4, -0.2) is 42.4 Å². The van der Waals surface area contributed by atoms with Crippen LogP contribution in [0.15, 0.2) is 48.5 Å². The van der Waals surface area contributed by atoms with Crippen molar-refractivity contribution >= 4 is 29.4 Å². The van der Waals surface area contributed by atoms with Gasteiger partial charge in [0.15, 0.2) is 6.10 Å². The molecule has 2 aromatic rings. The SMILES string of the molecule is Cc1cccc(C)c1NC(=O)CNC(=O)C(C)OC(=O)C(NC(=O)c1ccccc1)C(C)C. The van der Waals surface area contributed by atoms with Gasteiger partial charge in [-0.25, -0.2) is 4.79 Å². The summed E-state index contributed by atoms with van der Waals surface area (Å²) in [6.07, 6.45) is -1.14. The van der Waals surface area contributed by atoms with Crippen LogP contribution in [0.5, 0.6) is 0 Å². The first kappa shape index (κ1) is 25.6. The van der Waals surface area contributed by atoms with Crippen LogP contribution in [0, 0.1) is 19.8 Å². The predicted octanol–water partition coefficient (Wildman–Crippen LogP) is 2.74. The summed E-state index contributed by atoms with van der Waals surface area (Å²) in [4.78, 5) is 49.6. The van der Waals surface area contributed by atoms with Crippen molar-refractivity contribution in [2.45, 2.75) is 46.8 Å². The van der Waals surface area contributed by atoms with Crippen molar-refractivity contribution in [1.29, 1.82) is 0 Å². The number of ether oxygens (including phenoxy) is 1. The Morgan fingerprint density at radius 2 is 1.48 bits per heavy atom. The average molecular weight is 454 g/mol. The van der Waals surface area contributed by atoms with E-state index in [0.717, 1.165) is 11.1 Å². The molecular weight excluding hydrogens is 422 g/mol. The Labute approximate surface area is 194 Å². The first-order valence-electron chi connectivity index (χ1n) is 10.8. The molecule has 2 aromatic carbocycles. The fourth-order valence-corrected chi connectivity index (χ4v) is 3.12. The average Bonchev–Trinajstić information content (AvgIpc) is 2.78. The Bertz CT molecular complexity index is 984. The smallest absolute Gasteiger partial charge is 0.329 e. The van der Waals surface area contributed by atoms with Gasteiger partial charge in [-0.1, -0.05) is 50.2 Å². The number of rotatable bonds is 9. The molecular formula is C25H31N3O5. The number of esters is 1. The van der Waals surface area contributed by atoms with E-state index >= 15 is 0 Å². The number of amides is 3. The van der Waals surface area contributed by atoms with Crippen LogP contribution in [0.4, 0.5) is 5.69 Å². The Hall–Kier alpha value is -3.68. The van der Waals surface area contributed by atoms with E-state index in [1.165, 1.54) is 6.92 Å². The van der Waals surface area contributed by atoms with Crippen molar-refractivity contribution < 1.29 is 23.9 Å². The van der Waals surface area contributed by atoms with Crippen molar-refractivity contribution in [2.24, 2.45) is 5.92 Å². The Morgan fingerprint density at radius 3 is 2.06 bits per heavy atom. The number of nitrogens with one attached hydrogen (secondary N) is 3. The lowest BCUT2D eigenvalue weighted by Crippen LogP contribution is -2.48. The van der Waals surface area contributed by atoms with Crippen LogP contribution in [0.3, 0.4) is 0 Å². The molecule has 0 aliphatic rings. The molecule has 0 saturated heterocycles. The molecule has 8 heteroatoms. The number of anilines is 1. The molecule has 33 heavy (non-hydrogen) atoms. The van der Waals surface area contributed by atoms with Crippen molar-refractivity contribution in [3.05, 3.63) is 65.2 Å². The van der Waals surface area contributed by atoms with Crippen LogP contribution in [0.2, 0.25) is 0 Å². The van der Waals surface area contributed by atoms with Crippen LogP contribution < -0.4 is 16.0 Å². The van der Waals surface area contributed by atoms with Gasteiger partial charge in [-0.15, -0.1) is 0 Å².